The van der Waals surface area contributed by atoms with Gasteiger partial charge in [0.1, 0.15) is 5.82 Å². The average molecular weight is 355 g/mol. The number of nitrogens with zero attached hydrogens (tertiary/aromatic N) is 1. The van der Waals surface area contributed by atoms with E-state index in [1.165, 1.54) is 12.1 Å². The number of carbonyl (C=O) groups excluding carboxylic acids is 2. The van der Waals surface area contributed by atoms with Gasteiger partial charge in [0.05, 0.1) is 5.92 Å². The topological polar surface area (TPSA) is 61.4 Å². The number of likely N-dealkylation sites (tertiary alicyclic amines) is 1. The Hall–Kier alpha value is -2.89. The van der Waals surface area contributed by atoms with Crippen LogP contribution in [0.2, 0.25) is 0 Å². The van der Waals surface area contributed by atoms with E-state index in [4.69, 9.17) is 0 Å². The van der Waals surface area contributed by atoms with Crippen LogP contribution in [0.25, 0.3) is 0 Å². The fourth-order valence-electron chi connectivity index (χ4n) is 3.10. The van der Waals surface area contributed by atoms with Crippen molar-refractivity contribution in [1.29, 1.82) is 0 Å². The van der Waals surface area contributed by atoms with Crippen molar-refractivity contribution < 1.29 is 14.0 Å². The number of carbonyl (C=O) groups is 2. The molecule has 136 valence electrons. The Morgan fingerprint density at radius 3 is 2.62 bits per heavy atom. The van der Waals surface area contributed by atoms with Crippen LogP contribution in [0, 0.1) is 18.7 Å². The number of urea groups is 1. The molecule has 3 amide bonds. The molecule has 1 saturated heterocycles. The first-order valence-corrected chi connectivity index (χ1v) is 8.71. The third kappa shape index (κ3) is 4.39. The first kappa shape index (κ1) is 17.9. The van der Waals surface area contributed by atoms with E-state index in [0.717, 1.165) is 18.5 Å². The summed E-state index contributed by atoms with van der Waals surface area (Å²) in [5.74, 6) is -0.756. The highest BCUT2D eigenvalue weighted by Crippen LogP contribution is 2.22. The highest BCUT2D eigenvalue weighted by atomic mass is 19.1. The summed E-state index contributed by atoms with van der Waals surface area (Å²) in [4.78, 5) is 26.7. The number of hydrogen-bond donors (Lipinski definition) is 2. The molecule has 3 rings (SSSR count). The second kappa shape index (κ2) is 7.99. The number of amides is 3. The van der Waals surface area contributed by atoms with Crippen LogP contribution in [-0.4, -0.2) is 29.9 Å². The number of piperidine rings is 1. The molecule has 6 heteroatoms. The van der Waals surface area contributed by atoms with Crippen molar-refractivity contribution in [2.75, 3.05) is 23.7 Å². The molecular formula is C20H22FN3O2. The molecule has 1 atom stereocenters. The molecule has 2 N–H and O–H groups in total. The second-order valence-corrected chi connectivity index (χ2v) is 6.53. The van der Waals surface area contributed by atoms with Crippen molar-refractivity contribution in [2.45, 2.75) is 19.8 Å². The molecule has 0 bridgehead atoms. The third-order valence-electron chi connectivity index (χ3n) is 4.55. The van der Waals surface area contributed by atoms with E-state index >= 15 is 0 Å². The van der Waals surface area contributed by atoms with Gasteiger partial charge < -0.3 is 15.5 Å². The Morgan fingerprint density at radius 1 is 1.12 bits per heavy atom. The van der Waals surface area contributed by atoms with E-state index in [1.807, 2.05) is 30.3 Å². The largest absolute Gasteiger partial charge is 0.326 e. The van der Waals surface area contributed by atoms with Crippen LogP contribution in [-0.2, 0) is 4.79 Å². The summed E-state index contributed by atoms with van der Waals surface area (Å²) in [7, 11) is 0. The van der Waals surface area contributed by atoms with E-state index in [9.17, 15) is 14.0 Å². The summed E-state index contributed by atoms with van der Waals surface area (Å²) in [6.07, 6.45) is 1.49. The number of nitrogens with one attached hydrogen (secondary N) is 2. The summed E-state index contributed by atoms with van der Waals surface area (Å²) in [5.41, 5.74) is 2.00. The van der Waals surface area contributed by atoms with Crippen LogP contribution in [0.4, 0.5) is 20.6 Å². The zero-order valence-electron chi connectivity index (χ0n) is 14.7. The van der Waals surface area contributed by atoms with E-state index in [1.54, 1.807) is 17.9 Å². The smallest absolute Gasteiger partial charge is 0.321 e. The number of aryl methyl sites for hydroxylation is 1. The summed E-state index contributed by atoms with van der Waals surface area (Å²) in [6, 6.07) is 13.3. The maximum absolute atomic E-state index is 13.2. The average Bonchev–Trinajstić information content (AvgIpc) is 2.65. The van der Waals surface area contributed by atoms with Gasteiger partial charge in [-0.1, -0.05) is 18.2 Å². The Kier molecular flexibility index (Phi) is 5.51. The van der Waals surface area contributed by atoms with Gasteiger partial charge in [-0.15, -0.1) is 0 Å². The Labute approximate surface area is 152 Å². The predicted octanol–water partition coefficient (Wildman–Crippen LogP) is 4.02. The summed E-state index contributed by atoms with van der Waals surface area (Å²) in [5, 5.41) is 5.70. The number of rotatable bonds is 3. The van der Waals surface area contributed by atoms with Crippen LogP contribution >= 0.6 is 0 Å². The fourth-order valence-corrected chi connectivity index (χ4v) is 3.10. The molecule has 26 heavy (non-hydrogen) atoms. The Balaban J connectivity index is 1.60. The highest BCUT2D eigenvalue weighted by Gasteiger charge is 2.28. The van der Waals surface area contributed by atoms with Gasteiger partial charge in [0.25, 0.3) is 0 Å². The lowest BCUT2D eigenvalue weighted by atomic mass is 9.97. The van der Waals surface area contributed by atoms with Crippen LogP contribution in [0.1, 0.15) is 18.4 Å². The van der Waals surface area contributed by atoms with Gasteiger partial charge >= 0.3 is 6.03 Å². The first-order valence-electron chi connectivity index (χ1n) is 8.71. The quantitative estimate of drug-likeness (QED) is 0.874. The summed E-state index contributed by atoms with van der Waals surface area (Å²) < 4.78 is 13.2. The minimum absolute atomic E-state index is 0.142. The van der Waals surface area contributed by atoms with E-state index < -0.39 is 0 Å². The van der Waals surface area contributed by atoms with Gasteiger partial charge in [0, 0.05) is 24.5 Å². The Morgan fingerprint density at radius 2 is 1.88 bits per heavy atom. The van der Waals surface area contributed by atoms with E-state index in [0.29, 0.717) is 24.3 Å². The van der Waals surface area contributed by atoms with Crippen LogP contribution < -0.4 is 10.6 Å². The monoisotopic (exact) mass is 355 g/mol. The Bertz CT molecular complexity index is 795. The molecular weight excluding hydrogens is 333 g/mol. The molecule has 0 aliphatic carbocycles. The van der Waals surface area contributed by atoms with Gasteiger partial charge in [-0.3, -0.25) is 4.79 Å². The van der Waals surface area contributed by atoms with Gasteiger partial charge in [0.2, 0.25) is 5.91 Å². The minimum Gasteiger partial charge on any atom is -0.326 e. The van der Waals surface area contributed by atoms with Crippen molar-refractivity contribution in [2.24, 2.45) is 5.92 Å². The maximum Gasteiger partial charge on any atom is 0.321 e. The van der Waals surface area contributed by atoms with Crippen molar-refractivity contribution in [3.05, 3.63) is 59.9 Å². The molecule has 5 nitrogen and oxygen atoms in total. The molecule has 1 unspecified atom stereocenters. The lowest BCUT2D eigenvalue weighted by molar-refractivity contribution is -0.121. The number of hydrogen-bond acceptors (Lipinski definition) is 2. The van der Waals surface area contributed by atoms with Crippen molar-refractivity contribution in [3.8, 4) is 0 Å². The molecule has 1 fully saturated rings. The summed E-state index contributed by atoms with van der Waals surface area (Å²) in [6.45, 7) is 2.74. The van der Waals surface area contributed by atoms with Crippen LogP contribution in [0.3, 0.4) is 0 Å². The number of para-hydroxylation sites is 1. The first-order chi connectivity index (χ1) is 12.5. The molecule has 1 heterocycles. The third-order valence-corrected chi connectivity index (χ3v) is 4.55. The normalized spacial score (nSPS) is 16.8. The highest BCUT2D eigenvalue weighted by molar-refractivity contribution is 5.94. The van der Waals surface area contributed by atoms with E-state index in [-0.39, 0.29) is 23.7 Å². The molecule has 0 radical (unpaired) electrons. The molecule has 0 aromatic heterocycles. The van der Waals surface area contributed by atoms with Crippen molar-refractivity contribution in [3.63, 3.8) is 0 Å². The van der Waals surface area contributed by atoms with Gasteiger partial charge in [-0.25, -0.2) is 9.18 Å². The van der Waals surface area contributed by atoms with Crippen LogP contribution in [0.15, 0.2) is 48.5 Å². The van der Waals surface area contributed by atoms with Crippen molar-refractivity contribution in [1.82, 2.24) is 4.90 Å². The van der Waals surface area contributed by atoms with Crippen molar-refractivity contribution >= 4 is 23.3 Å². The number of anilines is 2. The lowest BCUT2D eigenvalue weighted by Crippen LogP contribution is -2.45. The SMILES string of the molecule is Cc1cc(F)ccc1NC(=O)C1CCCN(C(=O)Nc2ccccc2)C1. The number of halogens is 1. The summed E-state index contributed by atoms with van der Waals surface area (Å²) >= 11 is 0. The fraction of sp³-hybridized carbons (Fsp3) is 0.300. The standard InChI is InChI=1S/C20H22FN3O2/c1-14-12-16(21)9-10-18(14)23-19(25)15-6-5-11-24(13-15)20(26)22-17-7-3-2-4-8-17/h2-4,7-10,12,15H,5-6,11,13H2,1H3,(H,22,26)(H,23,25). The van der Waals surface area contributed by atoms with Gasteiger partial charge in [0.15, 0.2) is 0 Å². The number of benzene rings is 2. The molecule has 2 aromatic rings. The maximum atomic E-state index is 13.2. The van der Waals surface area contributed by atoms with Crippen LogP contribution in [0.5, 0.6) is 0 Å². The predicted molar refractivity (Wildman–Crippen MR) is 99.5 cm³/mol. The molecule has 2 aromatic carbocycles. The minimum atomic E-state index is -0.332. The molecule has 0 spiro atoms. The lowest BCUT2D eigenvalue weighted by Gasteiger charge is -2.32. The molecule has 0 saturated carbocycles. The van der Waals surface area contributed by atoms with Gasteiger partial charge in [-0.2, -0.15) is 0 Å². The zero-order chi connectivity index (χ0) is 18.5. The molecule has 1 aliphatic heterocycles. The van der Waals surface area contributed by atoms with Gasteiger partial charge in [-0.05, 0) is 55.7 Å². The molecule has 1 aliphatic rings. The van der Waals surface area contributed by atoms with E-state index in [2.05, 4.69) is 10.6 Å². The zero-order valence-corrected chi connectivity index (χ0v) is 14.7. The second-order valence-electron chi connectivity index (χ2n) is 6.53.